The second-order valence-corrected chi connectivity index (χ2v) is 7.56. The molecule has 0 saturated carbocycles. The lowest BCUT2D eigenvalue weighted by Crippen LogP contribution is -2.12. The van der Waals surface area contributed by atoms with Gasteiger partial charge in [0.15, 0.2) is 11.5 Å². The first-order valence-electron chi connectivity index (χ1n) is 6.74. The summed E-state index contributed by atoms with van der Waals surface area (Å²) in [4.78, 5) is 1.32. The highest BCUT2D eigenvalue weighted by Gasteiger charge is 2.15. The van der Waals surface area contributed by atoms with E-state index in [4.69, 9.17) is 9.47 Å². The Balaban J connectivity index is 1.65. The average molecular weight is 433 g/mol. The standard InChI is InChI=1S/C15H15Br2NO2S/c16-11-6-12(21-9-11)8-18-7-10-4-13(17)15-14(5-10)19-2-1-3-20-15/h4-6,9,18H,1-3,7-8H2. The van der Waals surface area contributed by atoms with Crippen LogP contribution in [0.25, 0.3) is 0 Å². The van der Waals surface area contributed by atoms with Crippen molar-refractivity contribution in [3.05, 3.63) is 43.0 Å². The van der Waals surface area contributed by atoms with E-state index in [-0.39, 0.29) is 0 Å². The van der Waals surface area contributed by atoms with Gasteiger partial charge in [-0.1, -0.05) is 0 Å². The summed E-state index contributed by atoms with van der Waals surface area (Å²) in [7, 11) is 0. The number of benzene rings is 1. The highest BCUT2D eigenvalue weighted by atomic mass is 79.9. The van der Waals surface area contributed by atoms with Crippen molar-refractivity contribution in [3.8, 4) is 11.5 Å². The second-order valence-electron chi connectivity index (χ2n) is 4.79. The molecule has 21 heavy (non-hydrogen) atoms. The van der Waals surface area contributed by atoms with Crippen molar-refractivity contribution in [2.45, 2.75) is 19.5 Å². The molecule has 2 heterocycles. The van der Waals surface area contributed by atoms with Crippen LogP contribution in [-0.2, 0) is 13.1 Å². The summed E-state index contributed by atoms with van der Waals surface area (Å²) in [6.07, 6.45) is 0.919. The van der Waals surface area contributed by atoms with Gasteiger partial charge in [-0.2, -0.15) is 0 Å². The van der Waals surface area contributed by atoms with Gasteiger partial charge in [-0.25, -0.2) is 0 Å². The fraction of sp³-hybridized carbons (Fsp3) is 0.333. The summed E-state index contributed by atoms with van der Waals surface area (Å²) in [5.74, 6) is 1.65. The second kappa shape index (κ2) is 7.13. The van der Waals surface area contributed by atoms with Gasteiger partial charge in [0, 0.05) is 34.2 Å². The van der Waals surface area contributed by atoms with Gasteiger partial charge in [-0.15, -0.1) is 11.3 Å². The Labute approximate surface area is 144 Å². The van der Waals surface area contributed by atoms with E-state index in [1.165, 1.54) is 10.4 Å². The van der Waals surface area contributed by atoms with E-state index in [0.717, 1.165) is 40.0 Å². The molecule has 112 valence electrons. The Morgan fingerprint density at radius 2 is 1.95 bits per heavy atom. The predicted molar refractivity (Wildman–Crippen MR) is 92.3 cm³/mol. The number of nitrogens with one attached hydrogen (secondary N) is 1. The maximum Gasteiger partial charge on any atom is 0.175 e. The van der Waals surface area contributed by atoms with Crippen molar-refractivity contribution >= 4 is 43.2 Å². The molecule has 2 aromatic rings. The zero-order valence-electron chi connectivity index (χ0n) is 11.3. The summed E-state index contributed by atoms with van der Waals surface area (Å²) >= 11 is 8.79. The third-order valence-corrected chi connectivity index (χ3v) is 5.40. The first kappa shape index (κ1) is 15.3. The third kappa shape index (κ3) is 4.00. The largest absolute Gasteiger partial charge is 0.490 e. The Bertz CT molecular complexity index is 630. The van der Waals surface area contributed by atoms with Crippen LogP contribution in [0.1, 0.15) is 16.9 Å². The predicted octanol–water partition coefficient (Wildman–Crippen LogP) is 4.72. The number of ether oxygens (including phenoxy) is 2. The average Bonchev–Trinajstić information content (AvgIpc) is 2.73. The normalized spacial score (nSPS) is 14.0. The van der Waals surface area contributed by atoms with Crippen LogP contribution in [0.15, 0.2) is 32.5 Å². The van der Waals surface area contributed by atoms with Crippen LogP contribution >= 0.6 is 43.2 Å². The Hall–Kier alpha value is -0.560. The van der Waals surface area contributed by atoms with Gasteiger partial charge < -0.3 is 14.8 Å². The molecular weight excluding hydrogens is 418 g/mol. The molecule has 1 aromatic carbocycles. The van der Waals surface area contributed by atoms with Crippen molar-refractivity contribution in [1.29, 1.82) is 0 Å². The molecule has 0 unspecified atom stereocenters. The molecule has 1 aromatic heterocycles. The summed E-state index contributed by atoms with van der Waals surface area (Å²) < 4.78 is 13.6. The minimum Gasteiger partial charge on any atom is -0.490 e. The fourth-order valence-corrected chi connectivity index (χ4v) is 4.19. The lowest BCUT2D eigenvalue weighted by atomic mass is 10.2. The molecule has 1 aliphatic heterocycles. The molecule has 6 heteroatoms. The van der Waals surface area contributed by atoms with E-state index in [9.17, 15) is 0 Å². The van der Waals surface area contributed by atoms with Crippen LogP contribution in [0.2, 0.25) is 0 Å². The van der Waals surface area contributed by atoms with Gasteiger partial charge in [0.25, 0.3) is 0 Å². The quantitative estimate of drug-likeness (QED) is 0.757. The topological polar surface area (TPSA) is 30.5 Å². The number of thiophene rings is 1. The molecule has 3 rings (SSSR count). The summed E-state index contributed by atoms with van der Waals surface area (Å²) in [6, 6.07) is 6.29. The molecule has 0 fully saturated rings. The van der Waals surface area contributed by atoms with Crippen molar-refractivity contribution in [1.82, 2.24) is 5.32 Å². The SMILES string of the molecule is Brc1csc(CNCc2cc(Br)c3c(c2)OCCCO3)c1. The van der Waals surface area contributed by atoms with E-state index in [0.29, 0.717) is 13.2 Å². The summed E-state index contributed by atoms with van der Waals surface area (Å²) in [5.41, 5.74) is 1.18. The van der Waals surface area contributed by atoms with Gasteiger partial charge in [0.2, 0.25) is 0 Å². The minimum absolute atomic E-state index is 0.705. The van der Waals surface area contributed by atoms with Gasteiger partial charge in [0.05, 0.1) is 17.7 Å². The molecule has 0 radical (unpaired) electrons. The number of hydrogen-bond donors (Lipinski definition) is 1. The van der Waals surface area contributed by atoms with E-state index >= 15 is 0 Å². The minimum atomic E-state index is 0.705. The van der Waals surface area contributed by atoms with Gasteiger partial charge in [-0.05, 0) is 55.6 Å². The number of fused-ring (bicyclic) bond motifs is 1. The van der Waals surface area contributed by atoms with Crippen LogP contribution in [0.3, 0.4) is 0 Å². The van der Waals surface area contributed by atoms with Gasteiger partial charge in [-0.3, -0.25) is 0 Å². The fourth-order valence-electron chi connectivity index (χ4n) is 2.16. The first-order valence-corrected chi connectivity index (χ1v) is 9.20. The van der Waals surface area contributed by atoms with Crippen molar-refractivity contribution in [3.63, 3.8) is 0 Å². The first-order chi connectivity index (χ1) is 10.2. The molecule has 1 aliphatic rings. The summed E-state index contributed by atoms with van der Waals surface area (Å²) in [6.45, 7) is 3.07. The molecule has 3 nitrogen and oxygen atoms in total. The molecule has 0 amide bonds. The maximum absolute atomic E-state index is 5.75. The van der Waals surface area contributed by atoms with E-state index < -0.39 is 0 Å². The van der Waals surface area contributed by atoms with Crippen LogP contribution < -0.4 is 14.8 Å². The monoisotopic (exact) mass is 431 g/mol. The van der Waals surface area contributed by atoms with Crippen molar-refractivity contribution < 1.29 is 9.47 Å². The molecule has 0 atom stereocenters. The zero-order valence-corrected chi connectivity index (χ0v) is 15.3. The number of halogens is 2. The Kier molecular flexibility index (Phi) is 5.21. The highest BCUT2D eigenvalue weighted by molar-refractivity contribution is 9.10. The summed E-state index contributed by atoms with van der Waals surface area (Å²) in [5, 5.41) is 5.55. The van der Waals surface area contributed by atoms with Crippen molar-refractivity contribution in [2.24, 2.45) is 0 Å². The van der Waals surface area contributed by atoms with Crippen LogP contribution in [0.4, 0.5) is 0 Å². The van der Waals surface area contributed by atoms with Crippen LogP contribution in [0.5, 0.6) is 11.5 Å². The van der Waals surface area contributed by atoms with Gasteiger partial charge in [0.1, 0.15) is 0 Å². The molecule has 0 aliphatic carbocycles. The highest BCUT2D eigenvalue weighted by Crippen LogP contribution is 2.38. The third-order valence-electron chi connectivity index (χ3n) is 3.11. The van der Waals surface area contributed by atoms with E-state index in [1.807, 2.05) is 0 Å². The molecule has 0 saturated heterocycles. The molecular formula is C15H15Br2NO2S. The van der Waals surface area contributed by atoms with Crippen LogP contribution in [-0.4, -0.2) is 13.2 Å². The lowest BCUT2D eigenvalue weighted by Gasteiger charge is -2.12. The number of rotatable bonds is 4. The Morgan fingerprint density at radius 1 is 1.10 bits per heavy atom. The molecule has 0 spiro atoms. The van der Waals surface area contributed by atoms with Crippen molar-refractivity contribution in [2.75, 3.05) is 13.2 Å². The zero-order chi connectivity index (χ0) is 14.7. The molecule has 1 N–H and O–H groups in total. The van der Waals surface area contributed by atoms with Gasteiger partial charge >= 0.3 is 0 Å². The smallest absolute Gasteiger partial charge is 0.175 e. The van der Waals surface area contributed by atoms with E-state index in [2.05, 4.69) is 60.8 Å². The number of hydrogen-bond acceptors (Lipinski definition) is 4. The molecule has 0 bridgehead atoms. The van der Waals surface area contributed by atoms with E-state index in [1.54, 1.807) is 11.3 Å². The Morgan fingerprint density at radius 3 is 2.76 bits per heavy atom. The van der Waals surface area contributed by atoms with Crippen LogP contribution in [0, 0.1) is 0 Å². The maximum atomic E-state index is 5.75. The lowest BCUT2D eigenvalue weighted by molar-refractivity contribution is 0.296.